The number of rotatable bonds is 1. The molecule has 0 aromatic heterocycles. The van der Waals surface area contributed by atoms with Crippen LogP contribution in [0.2, 0.25) is 0 Å². The minimum Gasteiger partial charge on any atom is -0.481 e. The molecule has 0 aromatic carbocycles. The van der Waals surface area contributed by atoms with E-state index in [0.29, 0.717) is 19.4 Å². The Morgan fingerprint density at radius 2 is 2.19 bits per heavy atom. The van der Waals surface area contributed by atoms with Crippen LogP contribution in [0.1, 0.15) is 33.1 Å². The molecule has 0 unspecified atom stereocenters. The van der Waals surface area contributed by atoms with Crippen molar-refractivity contribution in [3.05, 3.63) is 0 Å². The van der Waals surface area contributed by atoms with E-state index in [1.54, 1.807) is 0 Å². The average Bonchev–Trinajstić information content (AvgIpc) is 2.40. The summed E-state index contributed by atoms with van der Waals surface area (Å²) in [5.41, 5.74) is -1.29. The lowest BCUT2D eigenvalue weighted by Gasteiger charge is -2.43. The SMILES string of the molecule is CC1(C)C[C@]2(CCO1)OC(=O)C[C@H]2C(=O)O. The van der Waals surface area contributed by atoms with Gasteiger partial charge in [0.25, 0.3) is 0 Å². The van der Waals surface area contributed by atoms with Gasteiger partial charge >= 0.3 is 11.9 Å². The van der Waals surface area contributed by atoms with E-state index in [1.165, 1.54) is 0 Å². The average molecular weight is 228 g/mol. The Labute approximate surface area is 93.7 Å². The van der Waals surface area contributed by atoms with Crippen molar-refractivity contribution in [3.8, 4) is 0 Å². The van der Waals surface area contributed by atoms with Crippen molar-refractivity contribution < 1.29 is 24.2 Å². The smallest absolute Gasteiger partial charge is 0.311 e. The number of carboxylic acid groups (broad SMARTS) is 1. The first-order valence-electron chi connectivity index (χ1n) is 5.43. The molecule has 90 valence electrons. The fourth-order valence-corrected chi connectivity index (χ4v) is 2.75. The number of carboxylic acids is 1. The molecule has 0 aliphatic carbocycles. The van der Waals surface area contributed by atoms with E-state index in [9.17, 15) is 9.59 Å². The number of ether oxygens (including phenoxy) is 2. The summed E-state index contributed by atoms with van der Waals surface area (Å²) in [6, 6.07) is 0. The van der Waals surface area contributed by atoms with Gasteiger partial charge < -0.3 is 14.6 Å². The molecule has 1 N–H and O–H groups in total. The van der Waals surface area contributed by atoms with E-state index in [4.69, 9.17) is 14.6 Å². The highest BCUT2D eigenvalue weighted by Gasteiger charge is 2.56. The van der Waals surface area contributed by atoms with Crippen LogP contribution >= 0.6 is 0 Å². The predicted molar refractivity (Wildman–Crippen MR) is 53.8 cm³/mol. The third kappa shape index (κ3) is 1.80. The molecule has 2 atom stereocenters. The van der Waals surface area contributed by atoms with Crippen molar-refractivity contribution in [3.63, 3.8) is 0 Å². The number of carbonyl (C=O) groups excluding carboxylic acids is 1. The van der Waals surface area contributed by atoms with Gasteiger partial charge in [-0.05, 0) is 13.8 Å². The molecule has 5 heteroatoms. The minimum absolute atomic E-state index is 0.0224. The van der Waals surface area contributed by atoms with Crippen LogP contribution in [0.3, 0.4) is 0 Å². The summed E-state index contributed by atoms with van der Waals surface area (Å²) < 4.78 is 10.8. The van der Waals surface area contributed by atoms with Gasteiger partial charge in [0, 0.05) is 12.8 Å². The molecular formula is C11H16O5. The van der Waals surface area contributed by atoms with Crippen molar-refractivity contribution in [2.24, 2.45) is 5.92 Å². The van der Waals surface area contributed by atoms with E-state index >= 15 is 0 Å². The summed E-state index contributed by atoms with van der Waals surface area (Å²) in [7, 11) is 0. The van der Waals surface area contributed by atoms with Gasteiger partial charge in [-0.2, -0.15) is 0 Å². The number of esters is 1. The van der Waals surface area contributed by atoms with Crippen molar-refractivity contribution in [2.45, 2.75) is 44.3 Å². The zero-order valence-corrected chi connectivity index (χ0v) is 9.49. The third-order valence-corrected chi connectivity index (χ3v) is 3.36. The molecule has 0 saturated carbocycles. The van der Waals surface area contributed by atoms with Crippen LogP contribution in [0.25, 0.3) is 0 Å². The lowest BCUT2D eigenvalue weighted by molar-refractivity contribution is -0.183. The van der Waals surface area contributed by atoms with E-state index < -0.39 is 29.1 Å². The highest BCUT2D eigenvalue weighted by atomic mass is 16.6. The van der Waals surface area contributed by atoms with Crippen LogP contribution < -0.4 is 0 Å². The first-order chi connectivity index (χ1) is 7.35. The van der Waals surface area contributed by atoms with Gasteiger partial charge in [0.1, 0.15) is 11.5 Å². The lowest BCUT2D eigenvalue weighted by Crippen LogP contribution is -2.51. The highest BCUT2D eigenvalue weighted by Crippen LogP contribution is 2.45. The lowest BCUT2D eigenvalue weighted by atomic mass is 9.75. The zero-order valence-electron chi connectivity index (χ0n) is 9.49. The monoisotopic (exact) mass is 228 g/mol. The van der Waals surface area contributed by atoms with Crippen molar-refractivity contribution in [2.75, 3.05) is 6.61 Å². The van der Waals surface area contributed by atoms with Crippen LogP contribution in [0, 0.1) is 5.92 Å². The summed E-state index contributed by atoms with van der Waals surface area (Å²) in [5.74, 6) is -2.10. The molecule has 2 aliphatic heterocycles. The van der Waals surface area contributed by atoms with E-state index in [1.807, 2.05) is 13.8 Å². The maximum absolute atomic E-state index is 11.3. The highest BCUT2D eigenvalue weighted by molar-refractivity contribution is 5.83. The topological polar surface area (TPSA) is 72.8 Å². The first kappa shape index (κ1) is 11.4. The van der Waals surface area contributed by atoms with Crippen molar-refractivity contribution >= 4 is 11.9 Å². The number of aliphatic carboxylic acids is 1. The fourth-order valence-electron chi connectivity index (χ4n) is 2.75. The van der Waals surface area contributed by atoms with E-state index in [0.717, 1.165) is 0 Å². The second kappa shape index (κ2) is 3.45. The van der Waals surface area contributed by atoms with E-state index in [2.05, 4.69) is 0 Å². The van der Waals surface area contributed by atoms with Crippen LogP contribution in [0.5, 0.6) is 0 Å². The fraction of sp³-hybridized carbons (Fsp3) is 0.818. The number of hydrogen-bond donors (Lipinski definition) is 1. The summed E-state index contributed by atoms with van der Waals surface area (Å²) in [6.07, 6.45) is 0.896. The van der Waals surface area contributed by atoms with Crippen molar-refractivity contribution in [1.82, 2.24) is 0 Å². The Bertz CT molecular complexity index is 335. The van der Waals surface area contributed by atoms with Gasteiger partial charge in [-0.15, -0.1) is 0 Å². The molecule has 0 amide bonds. The molecule has 2 aliphatic rings. The van der Waals surface area contributed by atoms with Gasteiger partial charge in [-0.3, -0.25) is 9.59 Å². The molecule has 16 heavy (non-hydrogen) atoms. The molecule has 1 spiro atoms. The van der Waals surface area contributed by atoms with Crippen LogP contribution in [-0.4, -0.2) is 34.9 Å². The molecule has 0 bridgehead atoms. The molecule has 0 radical (unpaired) electrons. The Kier molecular flexibility index (Phi) is 2.45. The quantitative estimate of drug-likeness (QED) is 0.677. The zero-order chi connectivity index (χ0) is 12.0. The third-order valence-electron chi connectivity index (χ3n) is 3.36. The van der Waals surface area contributed by atoms with Gasteiger partial charge in [0.15, 0.2) is 0 Å². The Balaban J connectivity index is 2.28. The Morgan fingerprint density at radius 3 is 2.75 bits per heavy atom. The molecule has 0 aromatic rings. The second-order valence-electron chi connectivity index (χ2n) is 5.17. The molecule has 5 nitrogen and oxygen atoms in total. The Morgan fingerprint density at radius 1 is 1.50 bits per heavy atom. The second-order valence-corrected chi connectivity index (χ2v) is 5.17. The number of hydrogen-bond acceptors (Lipinski definition) is 4. The first-order valence-corrected chi connectivity index (χ1v) is 5.43. The molecular weight excluding hydrogens is 212 g/mol. The summed E-state index contributed by atoms with van der Waals surface area (Å²) in [6.45, 7) is 4.21. The summed E-state index contributed by atoms with van der Waals surface area (Å²) in [5, 5.41) is 9.15. The largest absolute Gasteiger partial charge is 0.481 e. The summed E-state index contributed by atoms with van der Waals surface area (Å²) in [4.78, 5) is 22.5. The van der Waals surface area contributed by atoms with Gasteiger partial charge in [-0.25, -0.2) is 0 Å². The van der Waals surface area contributed by atoms with Gasteiger partial charge in [-0.1, -0.05) is 0 Å². The number of carbonyl (C=O) groups is 2. The molecule has 2 saturated heterocycles. The van der Waals surface area contributed by atoms with Crippen LogP contribution in [0.4, 0.5) is 0 Å². The molecule has 2 fully saturated rings. The maximum atomic E-state index is 11.3. The molecule has 2 rings (SSSR count). The van der Waals surface area contributed by atoms with Crippen LogP contribution in [0.15, 0.2) is 0 Å². The predicted octanol–water partition coefficient (Wildman–Crippen LogP) is 0.962. The normalized spacial score (nSPS) is 37.4. The molecule has 2 heterocycles. The van der Waals surface area contributed by atoms with Gasteiger partial charge in [0.05, 0.1) is 18.6 Å². The van der Waals surface area contributed by atoms with Gasteiger partial charge in [0.2, 0.25) is 0 Å². The maximum Gasteiger partial charge on any atom is 0.311 e. The van der Waals surface area contributed by atoms with Crippen molar-refractivity contribution in [1.29, 1.82) is 0 Å². The Hall–Kier alpha value is -1.10. The van der Waals surface area contributed by atoms with Crippen LogP contribution in [-0.2, 0) is 19.1 Å². The summed E-state index contributed by atoms with van der Waals surface area (Å²) >= 11 is 0. The minimum atomic E-state index is -0.955. The standard InChI is InChI=1S/C11H16O5/c1-10(2)6-11(3-4-15-10)7(9(13)14)5-8(12)16-11/h7H,3-6H2,1-2H3,(H,13,14)/t7-,11-/m0/s1. The van der Waals surface area contributed by atoms with E-state index in [-0.39, 0.29) is 6.42 Å².